The molecule has 0 radical (unpaired) electrons. The second kappa shape index (κ2) is 5.80. The second-order valence-corrected chi connectivity index (χ2v) is 5.16. The number of nitrogens with two attached hydrogens (primary N) is 1. The molecule has 0 amide bonds. The maximum atomic E-state index is 5.99. The Hall–Kier alpha value is -0.650. The van der Waals surface area contributed by atoms with Gasteiger partial charge in [0.2, 0.25) is 0 Å². The van der Waals surface area contributed by atoms with Gasteiger partial charge in [-0.3, -0.25) is 4.68 Å². The van der Waals surface area contributed by atoms with E-state index in [1.165, 1.54) is 5.57 Å². The molecule has 0 spiro atoms. The summed E-state index contributed by atoms with van der Waals surface area (Å²) < 4.78 is 8.12. The van der Waals surface area contributed by atoms with E-state index in [0.29, 0.717) is 6.61 Å². The van der Waals surface area contributed by atoms with Crippen molar-refractivity contribution in [3.63, 3.8) is 0 Å². The molecule has 1 aromatic heterocycles. The average molecular weight is 300 g/mol. The van der Waals surface area contributed by atoms with Gasteiger partial charge in [-0.2, -0.15) is 5.10 Å². The Balaban J connectivity index is 2.26. The summed E-state index contributed by atoms with van der Waals surface area (Å²) in [6, 6.07) is 0.177. The van der Waals surface area contributed by atoms with E-state index >= 15 is 0 Å². The van der Waals surface area contributed by atoms with Crippen molar-refractivity contribution >= 4 is 21.5 Å². The molecule has 4 nitrogen and oxygen atoms in total. The van der Waals surface area contributed by atoms with E-state index in [1.807, 2.05) is 10.9 Å². The summed E-state index contributed by atoms with van der Waals surface area (Å²) in [5.41, 5.74) is 8.43. The first-order chi connectivity index (χ1) is 8.22. The third-order valence-electron chi connectivity index (χ3n) is 3.01. The van der Waals surface area contributed by atoms with Gasteiger partial charge in [0, 0.05) is 13.2 Å². The van der Waals surface area contributed by atoms with Crippen LogP contribution in [0.15, 0.2) is 16.7 Å². The molecule has 0 bridgehead atoms. The summed E-state index contributed by atoms with van der Waals surface area (Å²) in [7, 11) is 1.70. The number of aromatic nitrogens is 2. The summed E-state index contributed by atoms with van der Waals surface area (Å²) in [6.07, 6.45) is 7.30. The summed E-state index contributed by atoms with van der Waals surface area (Å²) in [5.74, 6) is 0. The minimum absolute atomic E-state index is 0.177. The Bertz CT molecular complexity index is 414. The van der Waals surface area contributed by atoms with Gasteiger partial charge < -0.3 is 10.5 Å². The molecule has 0 saturated heterocycles. The quantitative estimate of drug-likeness (QED) is 0.927. The number of rotatable bonds is 4. The van der Waals surface area contributed by atoms with Crippen LogP contribution in [0.4, 0.5) is 0 Å². The van der Waals surface area contributed by atoms with Gasteiger partial charge in [0.15, 0.2) is 0 Å². The van der Waals surface area contributed by atoms with Crippen LogP contribution in [-0.4, -0.2) is 29.5 Å². The fourth-order valence-electron chi connectivity index (χ4n) is 2.18. The first-order valence-electron chi connectivity index (χ1n) is 5.89. The molecular formula is C12H18BrN3O. The standard InChI is InChI=1S/C12H18BrN3O/c1-17-6-5-16-12(11(13)8-15-16)9-3-2-4-10(14)7-9/h7-8,10H,2-6,14H2,1H3. The van der Waals surface area contributed by atoms with E-state index in [-0.39, 0.29) is 6.04 Å². The van der Waals surface area contributed by atoms with Crippen molar-refractivity contribution in [3.8, 4) is 0 Å². The van der Waals surface area contributed by atoms with Crippen LogP contribution >= 0.6 is 15.9 Å². The number of allylic oxidation sites excluding steroid dienone is 1. The van der Waals surface area contributed by atoms with Crippen molar-refractivity contribution in [2.45, 2.75) is 31.8 Å². The van der Waals surface area contributed by atoms with E-state index in [0.717, 1.165) is 36.0 Å². The summed E-state index contributed by atoms with van der Waals surface area (Å²) >= 11 is 3.56. The smallest absolute Gasteiger partial charge is 0.0782 e. The van der Waals surface area contributed by atoms with E-state index in [2.05, 4.69) is 27.1 Å². The van der Waals surface area contributed by atoms with Crippen LogP contribution in [0.3, 0.4) is 0 Å². The maximum Gasteiger partial charge on any atom is 0.0782 e. The van der Waals surface area contributed by atoms with Crippen molar-refractivity contribution in [2.24, 2.45) is 5.73 Å². The fourth-order valence-corrected chi connectivity index (χ4v) is 2.73. The van der Waals surface area contributed by atoms with Gasteiger partial charge in [-0.1, -0.05) is 6.08 Å². The van der Waals surface area contributed by atoms with Gasteiger partial charge in [-0.15, -0.1) is 0 Å². The Morgan fingerprint density at radius 3 is 3.18 bits per heavy atom. The molecule has 2 rings (SSSR count). The van der Waals surface area contributed by atoms with Crippen LogP contribution in [-0.2, 0) is 11.3 Å². The van der Waals surface area contributed by atoms with Gasteiger partial charge in [-0.05, 0) is 40.8 Å². The van der Waals surface area contributed by atoms with E-state index < -0.39 is 0 Å². The summed E-state index contributed by atoms with van der Waals surface area (Å²) in [4.78, 5) is 0. The number of nitrogens with zero attached hydrogens (tertiary/aromatic N) is 2. The van der Waals surface area contributed by atoms with Crippen molar-refractivity contribution in [1.29, 1.82) is 0 Å². The van der Waals surface area contributed by atoms with Crippen molar-refractivity contribution in [1.82, 2.24) is 9.78 Å². The molecule has 1 aliphatic rings. The normalized spacial score (nSPS) is 20.4. The predicted molar refractivity (Wildman–Crippen MR) is 71.6 cm³/mol. The zero-order valence-electron chi connectivity index (χ0n) is 10.0. The number of halogens is 1. The van der Waals surface area contributed by atoms with Crippen LogP contribution in [0, 0.1) is 0 Å². The van der Waals surface area contributed by atoms with Gasteiger partial charge in [0.25, 0.3) is 0 Å². The zero-order valence-corrected chi connectivity index (χ0v) is 11.6. The lowest BCUT2D eigenvalue weighted by Crippen LogP contribution is -2.21. The van der Waals surface area contributed by atoms with Gasteiger partial charge in [0.1, 0.15) is 0 Å². The monoisotopic (exact) mass is 299 g/mol. The molecule has 2 N–H and O–H groups in total. The van der Waals surface area contributed by atoms with Crippen LogP contribution in [0.2, 0.25) is 0 Å². The highest BCUT2D eigenvalue weighted by atomic mass is 79.9. The molecule has 5 heteroatoms. The second-order valence-electron chi connectivity index (χ2n) is 4.31. The number of hydrogen-bond acceptors (Lipinski definition) is 3. The van der Waals surface area contributed by atoms with E-state index in [9.17, 15) is 0 Å². The first-order valence-corrected chi connectivity index (χ1v) is 6.68. The largest absolute Gasteiger partial charge is 0.383 e. The molecule has 1 heterocycles. The molecule has 0 saturated carbocycles. The third kappa shape index (κ3) is 2.97. The van der Waals surface area contributed by atoms with Crippen LogP contribution in [0.25, 0.3) is 5.57 Å². The van der Waals surface area contributed by atoms with Gasteiger partial charge >= 0.3 is 0 Å². The minimum Gasteiger partial charge on any atom is -0.383 e. The average Bonchev–Trinajstić information content (AvgIpc) is 2.68. The molecule has 0 fully saturated rings. The van der Waals surface area contributed by atoms with Crippen molar-refractivity contribution in [2.75, 3.05) is 13.7 Å². The highest BCUT2D eigenvalue weighted by Crippen LogP contribution is 2.31. The van der Waals surface area contributed by atoms with E-state index in [4.69, 9.17) is 10.5 Å². The third-order valence-corrected chi connectivity index (χ3v) is 3.59. The lowest BCUT2D eigenvalue weighted by molar-refractivity contribution is 0.183. The van der Waals surface area contributed by atoms with Gasteiger partial charge in [-0.25, -0.2) is 0 Å². The highest BCUT2D eigenvalue weighted by molar-refractivity contribution is 9.10. The Labute approximate surface area is 110 Å². The molecule has 17 heavy (non-hydrogen) atoms. The lowest BCUT2D eigenvalue weighted by Gasteiger charge is -2.19. The highest BCUT2D eigenvalue weighted by Gasteiger charge is 2.17. The van der Waals surface area contributed by atoms with Crippen LogP contribution < -0.4 is 5.73 Å². The Morgan fingerprint density at radius 1 is 1.65 bits per heavy atom. The molecule has 1 aliphatic carbocycles. The predicted octanol–water partition coefficient (Wildman–Crippen LogP) is 2.19. The maximum absolute atomic E-state index is 5.99. The topological polar surface area (TPSA) is 53.1 Å². The molecule has 1 unspecified atom stereocenters. The zero-order chi connectivity index (χ0) is 12.3. The summed E-state index contributed by atoms with van der Waals surface area (Å²) in [6.45, 7) is 1.43. The molecule has 1 aromatic rings. The Morgan fingerprint density at radius 2 is 2.47 bits per heavy atom. The molecular weight excluding hydrogens is 282 g/mol. The Kier molecular flexibility index (Phi) is 4.36. The SMILES string of the molecule is COCCn1ncc(Br)c1C1=CC(N)CCC1. The first kappa shape index (κ1) is 12.8. The fraction of sp³-hybridized carbons (Fsp3) is 0.583. The molecule has 0 aliphatic heterocycles. The molecule has 1 atom stereocenters. The number of hydrogen-bond donors (Lipinski definition) is 1. The molecule has 94 valence electrons. The summed E-state index contributed by atoms with van der Waals surface area (Å²) in [5, 5.41) is 4.36. The number of methoxy groups -OCH3 is 1. The van der Waals surface area contributed by atoms with Crippen LogP contribution in [0.5, 0.6) is 0 Å². The molecule has 0 aromatic carbocycles. The van der Waals surface area contributed by atoms with E-state index in [1.54, 1.807) is 7.11 Å². The van der Waals surface area contributed by atoms with Crippen LogP contribution in [0.1, 0.15) is 25.0 Å². The number of ether oxygens (including phenoxy) is 1. The van der Waals surface area contributed by atoms with Crippen molar-refractivity contribution < 1.29 is 4.74 Å². The van der Waals surface area contributed by atoms with Gasteiger partial charge in [0.05, 0.1) is 29.5 Å². The lowest BCUT2D eigenvalue weighted by atomic mass is 9.94. The van der Waals surface area contributed by atoms with Crippen molar-refractivity contribution in [3.05, 3.63) is 22.4 Å². The minimum atomic E-state index is 0.177.